The number of hydrogen-bond donors (Lipinski definition) is 0. The van der Waals surface area contributed by atoms with Crippen molar-refractivity contribution in [3.05, 3.63) is 84.1 Å². The molecular weight excluding hydrogens is 339 g/mol. The summed E-state index contributed by atoms with van der Waals surface area (Å²) in [4.78, 5) is 19.0. The highest BCUT2D eigenvalue weighted by molar-refractivity contribution is 7.22. The zero-order valence-electron chi connectivity index (χ0n) is 13.1. The minimum atomic E-state index is -0.324. The summed E-state index contributed by atoms with van der Waals surface area (Å²) >= 11 is 1.28. The number of nitrogens with zero attached hydrogens (tertiary/aromatic N) is 2. The van der Waals surface area contributed by atoms with Gasteiger partial charge < -0.3 is 4.42 Å². The summed E-state index contributed by atoms with van der Waals surface area (Å²) in [5, 5.41) is 0.505. The number of anilines is 1. The second kappa shape index (κ2) is 6.49. The Bertz CT molecular complexity index is 1010. The molecule has 4 nitrogen and oxygen atoms in total. The smallest absolute Gasteiger partial charge is 0.260 e. The zero-order chi connectivity index (χ0) is 17.2. The second-order valence-electron chi connectivity index (χ2n) is 5.45. The van der Waals surface area contributed by atoms with Crippen LogP contribution in [0.5, 0.6) is 0 Å². The van der Waals surface area contributed by atoms with Crippen LogP contribution in [0.1, 0.15) is 16.1 Å². The average Bonchev–Trinajstić information content (AvgIpc) is 3.28. The number of halogens is 1. The first kappa shape index (κ1) is 15.5. The number of carbonyl (C=O) groups excluding carboxylic acids is 1. The molecule has 0 atom stereocenters. The summed E-state index contributed by atoms with van der Waals surface area (Å²) < 4.78 is 19.5. The number of furan rings is 1. The van der Waals surface area contributed by atoms with Crippen molar-refractivity contribution in [3.8, 4) is 0 Å². The monoisotopic (exact) mass is 352 g/mol. The molecule has 2 aromatic heterocycles. The number of fused-ring (bicyclic) bond motifs is 1. The minimum Gasteiger partial charge on any atom is -0.467 e. The van der Waals surface area contributed by atoms with Crippen LogP contribution in [-0.4, -0.2) is 10.9 Å². The highest BCUT2D eigenvalue weighted by Gasteiger charge is 2.22. The normalized spacial score (nSPS) is 10.9. The lowest BCUT2D eigenvalue weighted by molar-refractivity contribution is 0.0983. The molecule has 4 rings (SSSR count). The predicted octanol–water partition coefficient (Wildman–Crippen LogP) is 4.88. The van der Waals surface area contributed by atoms with Gasteiger partial charge in [0, 0.05) is 5.56 Å². The molecule has 0 spiro atoms. The molecule has 0 aliphatic carbocycles. The molecule has 6 heteroatoms. The molecule has 0 fully saturated rings. The fourth-order valence-corrected chi connectivity index (χ4v) is 3.51. The van der Waals surface area contributed by atoms with E-state index >= 15 is 0 Å². The van der Waals surface area contributed by atoms with E-state index in [4.69, 9.17) is 4.42 Å². The van der Waals surface area contributed by atoms with Crippen LogP contribution in [0.3, 0.4) is 0 Å². The van der Waals surface area contributed by atoms with Gasteiger partial charge in [0.15, 0.2) is 5.13 Å². The van der Waals surface area contributed by atoms with Crippen LogP contribution in [0, 0.1) is 5.82 Å². The third-order valence-electron chi connectivity index (χ3n) is 3.73. The van der Waals surface area contributed by atoms with Gasteiger partial charge in [0.2, 0.25) is 0 Å². The quantitative estimate of drug-likeness (QED) is 0.526. The van der Waals surface area contributed by atoms with Gasteiger partial charge in [0.25, 0.3) is 5.91 Å². The maximum atomic E-state index is 13.5. The maximum absolute atomic E-state index is 13.5. The van der Waals surface area contributed by atoms with E-state index in [0.29, 0.717) is 26.7 Å². The fraction of sp³-hybridized carbons (Fsp3) is 0.0526. The van der Waals surface area contributed by atoms with Gasteiger partial charge in [-0.3, -0.25) is 9.69 Å². The van der Waals surface area contributed by atoms with Crippen LogP contribution in [0.2, 0.25) is 0 Å². The van der Waals surface area contributed by atoms with E-state index in [1.807, 2.05) is 18.2 Å². The molecule has 0 N–H and O–H groups in total. The van der Waals surface area contributed by atoms with Crippen molar-refractivity contribution in [1.29, 1.82) is 0 Å². The number of benzene rings is 2. The summed E-state index contributed by atoms with van der Waals surface area (Å²) in [6.45, 7) is 0.253. The standard InChI is InChI=1S/C19H13FN2O2S/c20-14-8-9-16-17(11-14)25-19(21-16)22(12-15-7-4-10-24-15)18(23)13-5-2-1-3-6-13/h1-11H,12H2. The van der Waals surface area contributed by atoms with Gasteiger partial charge in [0.05, 0.1) is 23.0 Å². The molecular formula is C19H13FN2O2S. The van der Waals surface area contributed by atoms with Crippen molar-refractivity contribution in [2.75, 3.05) is 4.90 Å². The van der Waals surface area contributed by atoms with Crippen molar-refractivity contribution in [2.24, 2.45) is 0 Å². The molecule has 1 amide bonds. The van der Waals surface area contributed by atoms with Crippen LogP contribution < -0.4 is 4.90 Å². The Morgan fingerprint density at radius 3 is 2.72 bits per heavy atom. The molecule has 4 aromatic rings. The van der Waals surface area contributed by atoms with Crippen LogP contribution >= 0.6 is 11.3 Å². The van der Waals surface area contributed by atoms with E-state index < -0.39 is 0 Å². The van der Waals surface area contributed by atoms with Crippen molar-refractivity contribution >= 4 is 32.6 Å². The molecule has 0 unspecified atom stereocenters. The van der Waals surface area contributed by atoms with Gasteiger partial charge in [-0.25, -0.2) is 9.37 Å². The molecule has 0 bridgehead atoms. The van der Waals surface area contributed by atoms with Crippen molar-refractivity contribution < 1.29 is 13.6 Å². The molecule has 0 aliphatic heterocycles. The van der Waals surface area contributed by atoms with E-state index in [0.717, 1.165) is 0 Å². The molecule has 2 heterocycles. The molecule has 124 valence electrons. The largest absolute Gasteiger partial charge is 0.467 e. The van der Waals surface area contributed by atoms with Gasteiger partial charge >= 0.3 is 0 Å². The van der Waals surface area contributed by atoms with E-state index in [1.165, 1.54) is 23.5 Å². The number of rotatable bonds is 4. The Hall–Kier alpha value is -2.99. The summed E-state index contributed by atoms with van der Waals surface area (Å²) in [6, 6.07) is 17.0. The van der Waals surface area contributed by atoms with E-state index in [9.17, 15) is 9.18 Å². The van der Waals surface area contributed by atoms with Crippen molar-refractivity contribution in [2.45, 2.75) is 6.54 Å². The Morgan fingerprint density at radius 2 is 1.96 bits per heavy atom. The third kappa shape index (κ3) is 3.16. The number of thiazole rings is 1. The third-order valence-corrected chi connectivity index (χ3v) is 4.77. The lowest BCUT2D eigenvalue weighted by Crippen LogP contribution is -2.30. The highest BCUT2D eigenvalue weighted by atomic mass is 32.1. The Labute approximate surface area is 147 Å². The molecule has 25 heavy (non-hydrogen) atoms. The van der Waals surface area contributed by atoms with Gasteiger partial charge in [-0.15, -0.1) is 0 Å². The Morgan fingerprint density at radius 1 is 1.12 bits per heavy atom. The molecule has 0 radical (unpaired) electrons. The summed E-state index contributed by atoms with van der Waals surface area (Å²) in [7, 11) is 0. The van der Waals surface area contributed by atoms with Crippen LogP contribution in [-0.2, 0) is 6.54 Å². The number of amides is 1. The molecule has 0 aliphatic rings. The zero-order valence-corrected chi connectivity index (χ0v) is 13.9. The first-order valence-corrected chi connectivity index (χ1v) is 8.48. The highest BCUT2D eigenvalue weighted by Crippen LogP contribution is 2.31. The Kier molecular flexibility index (Phi) is 4.03. The van der Waals surface area contributed by atoms with E-state index in [2.05, 4.69) is 4.98 Å². The molecule has 0 saturated carbocycles. The van der Waals surface area contributed by atoms with Gasteiger partial charge in [-0.1, -0.05) is 29.5 Å². The Balaban J connectivity index is 1.77. The van der Waals surface area contributed by atoms with E-state index in [1.54, 1.807) is 41.5 Å². The predicted molar refractivity (Wildman–Crippen MR) is 95.2 cm³/mol. The SMILES string of the molecule is O=C(c1ccccc1)N(Cc1ccco1)c1nc2ccc(F)cc2s1. The maximum Gasteiger partial charge on any atom is 0.260 e. The summed E-state index contributed by atoms with van der Waals surface area (Å²) in [6.07, 6.45) is 1.56. The van der Waals surface area contributed by atoms with Gasteiger partial charge in [-0.05, 0) is 42.5 Å². The minimum absolute atomic E-state index is 0.184. The van der Waals surface area contributed by atoms with Crippen LogP contribution in [0.15, 0.2) is 71.3 Å². The molecule has 0 saturated heterocycles. The summed E-state index contributed by atoms with van der Waals surface area (Å²) in [5.74, 6) is 0.140. The first-order chi connectivity index (χ1) is 12.2. The average molecular weight is 352 g/mol. The lowest BCUT2D eigenvalue weighted by Gasteiger charge is -2.18. The molecule has 2 aromatic carbocycles. The topological polar surface area (TPSA) is 46.3 Å². The number of hydrogen-bond acceptors (Lipinski definition) is 4. The van der Waals surface area contributed by atoms with Crippen molar-refractivity contribution in [3.63, 3.8) is 0 Å². The fourth-order valence-electron chi connectivity index (χ4n) is 2.52. The van der Waals surface area contributed by atoms with Crippen LogP contribution in [0.4, 0.5) is 9.52 Å². The first-order valence-electron chi connectivity index (χ1n) is 7.66. The number of aromatic nitrogens is 1. The number of carbonyl (C=O) groups is 1. The second-order valence-corrected chi connectivity index (χ2v) is 6.45. The van der Waals surface area contributed by atoms with Gasteiger partial charge in [0.1, 0.15) is 11.6 Å². The lowest BCUT2D eigenvalue weighted by atomic mass is 10.2. The van der Waals surface area contributed by atoms with Gasteiger partial charge in [-0.2, -0.15) is 0 Å². The summed E-state index contributed by atoms with van der Waals surface area (Å²) in [5.41, 5.74) is 1.21. The van der Waals surface area contributed by atoms with Crippen molar-refractivity contribution in [1.82, 2.24) is 4.98 Å². The van der Waals surface area contributed by atoms with E-state index in [-0.39, 0.29) is 18.3 Å². The van der Waals surface area contributed by atoms with Crippen LogP contribution in [0.25, 0.3) is 10.2 Å².